The van der Waals surface area contributed by atoms with Crippen molar-refractivity contribution in [2.24, 2.45) is 5.92 Å². The summed E-state index contributed by atoms with van der Waals surface area (Å²) in [5.41, 5.74) is 2.00. The van der Waals surface area contributed by atoms with Gasteiger partial charge in [-0.15, -0.1) is 0 Å². The molecule has 0 radical (unpaired) electrons. The van der Waals surface area contributed by atoms with E-state index in [4.69, 9.17) is 0 Å². The molecule has 15 heavy (non-hydrogen) atoms. The van der Waals surface area contributed by atoms with Crippen LogP contribution in [0.4, 0.5) is 5.82 Å². The number of amides is 1. The van der Waals surface area contributed by atoms with E-state index in [1.807, 2.05) is 32.9 Å². The lowest BCUT2D eigenvalue weighted by Crippen LogP contribution is -2.19. The predicted octanol–water partition coefficient (Wildman–Crippen LogP) is 2.55. The van der Waals surface area contributed by atoms with Gasteiger partial charge in [-0.1, -0.05) is 26.8 Å². The van der Waals surface area contributed by atoms with Crippen molar-refractivity contribution in [2.75, 3.05) is 5.32 Å². The van der Waals surface area contributed by atoms with Gasteiger partial charge in [0, 0.05) is 11.6 Å². The van der Waals surface area contributed by atoms with E-state index in [2.05, 4.69) is 17.2 Å². The standard InChI is InChI=1S/C12H18N2O/c1-5-10-7-6-9(4)13-11(10)14-12(15)8(2)3/h6-8H,5H2,1-4H3,(H,13,14,15). The van der Waals surface area contributed by atoms with Crippen LogP contribution >= 0.6 is 0 Å². The zero-order valence-corrected chi connectivity index (χ0v) is 9.79. The monoisotopic (exact) mass is 206 g/mol. The first-order valence-corrected chi connectivity index (χ1v) is 5.32. The molecule has 1 amide bonds. The van der Waals surface area contributed by atoms with Crippen LogP contribution in [0, 0.1) is 12.8 Å². The Morgan fingerprint density at radius 1 is 1.47 bits per heavy atom. The molecule has 0 bridgehead atoms. The van der Waals surface area contributed by atoms with E-state index in [1.165, 1.54) is 0 Å². The van der Waals surface area contributed by atoms with Crippen molar-refractivity contribution >= 4 is 11.7 Å². The van der Waals surface area contributed by atoms with E-state index in [0.29, 0.717) is 5.82 Å². The Labute approximate surface area is 90.9 Å². The van der Waals surface area contributed by atoms with Crippen LogP contribution in [-0.4, -0.2) is 10.9 Å². The SMILES string of the molecule is CCc1ccc(C)nc1NC(=O)C(C)C. The molecule has 3 nitrogen and oxygen atoms in total. The lowest BCUT2D eigenvalue weighted by Gasteiger charge is -2.11. The van der Waals surface area contributed by atoms with E-state index in [9.17, 15) is 4.79 Å². The molecule has 1 aromatic heterocycles. The third-order valence-corrected chi connectivity index (χ3v) is 2.26. The van der Waals surface area contributed by atoms with Crippen LogP contribution in [-0.2, 0) is 11.2 Å². The van der Waals surface area contributed by atoms with Crippen LogP contribution < -0.4 is 5.32 Å². The van der Waals surface area contributed by atoms with E-state index in [-0.39, 0.29) is 11.8 Å². The van der Waals surface area contributed by atoms with Gasteiger partial charge in [-0.3, -0.25) is 4.79 Å². The van der Waals surface area contributed by atoms with Gasteiger partial charge in [0.15, 0.2) is 0 Å². The summed E-state index contributed by atoms with van der Waals surface area (Å²) in [4.78, 5) is 15.9. The van der Waals surface area contributed by atoms with Crippen molar-refractivity contribution in [3.8, 4) is 0 Å². The summed E-state index contributed by atoms with van der Waals surface area (Å²) in [7, 11) is 0. The average molecular weight is 206 g/mol. The number of aryl methyl sites for hydroxylation is 2. The highest BCUT2D eigenvalue weighted by Gasteiger charge is 2.10. The number of carbonyl (C=O) groups is 1. The summed E-state index contributed by atoms with van der Waals surface area (Å²) < 4.78 is 0. The van der Waals surface area contributed by atoms with Crippen LogP contribution in [0.5, 0.6) is 0 Å². The summed E-state index contributed by atoms with van der Waals surface area (Å²) in [6.45, 7) is 7.72. The molecule has 0 saturated carbocycles. The maximum atomic E-state index is 11.5. The lowest BCUT2D eigenvalue weighted by atomic mass is 10.1. The predicted molar refractivity (Wildman–Crippen MR) is 61.8 cm³/mol. The number of pyridine rings is 1. The van der Waals surface area contributed by atoms with Crippen molar-refractivity contribution < 1.29 is 4.79 Å². The summed E-state index contributed by atoms with van der Waals surface area (Å²) >= 11 is 0. The first kappa shape index (κ1) is 11.7. The smallest absolute Gasteiger partial charge is 0.228 e. The maximum absolute atomic E-state index is 11.5. The van der Waals surface area contributed by atoms with Crippen molar-refractivity contribution in [3.63, 3.8) is 0 Å². The minimum atomic E-state index is -0.0166. The molecule has 3 heteroatoms. The number of hydrogen-bond acceptors (Lipinski definition) is 2. The van der Waals surface area contributed by atoms with Gasteiger partial charge < -0.3 is 5.32 Å². The Morgan fingerprint density at radius 2 is 2.13 bits per heavy atom. The van der Waals surface area contributed by atoms with Crippen LogP contribution in [0.2, 0.25) is 0 Å². The average Bonchev–Trinajstić information content (AvgIpc) is 2.18. The maximum Gasteiger partial charge on any atom is 0.228 e. The van der Waals surface area contributed by atoms with Gasteiger partial charge in [-0.2, -0.15) is 0 Å². The van der Waals surface area contributed by atoms with Gasteiger partial charge in [0.05, 0.1) is 0 Å². The fraction of sp³-hybridized carbons (Fsp3) is 0.500. The first-order chi connectivity index (χ1) is 7.04. The Bertz CT molecular complexity index is 359. The Kier molecular flexibility index (Phi) is 3.83. The molecular formula is C12H18N2O. The van der Waals surface area contributed by atoms with Crippen LogP contribution in [0.1, 0.15) is 32.0 Å². The van der Waals surface area contributed by atoms with Gasteiger partial charge in [-0.05, 0) is 25.0 Å². The van der Waals surface area contributed by atoms with Crippen molar-refractivity contribution in [3.05, 3.63) is 23.4 Å². The Hall–Kier alpha value is -1.38. The topological polar surface area (TPSA) is 42.0 Å². The van der Waals surface area contributed by atoms with E-state index < -0.39 is 0 Å². The third-order valence-electron chi connectivity index (χ3n) is 2.26. The number of anilines is 1. The molecule has 0 atom stereocenters. The molecule has 0 aliphatic heterocycles. The highest BCUT2D eigenvalue weighted by molar-refractivity contribution is 5.91. The fourth-order valence-corrected chi connectivity index (χ4v) is 1.24. The molecule has 82 valence electrons. The number of nitrogens with one attached hydrogen (secondary N) is 1. The molecule has 0 aliphatic rings. The summed E-state index contributed by atoms with van der Waals surface area (Å²) in [5, 5.41) is 2.85. The normalized spacial score (nSPS) is 10.5. The van der Waals surface area contributed by atoms with Gasteiger partial charge in [0.2, 0.25) is 5.91 Å². The van der Waals surface area contributed by atoms with E-state index >= 15 is 0 Å². The number of nitrogens with zero attached hydrogens (tertiary/aromatic N) is 1. The van der Waals surface area contributed by atoms with E-state index in [1.54, 1.807) is 0 Å². The second kappa shape index (κ2) is 4.91. The molecule has 1 aromatic rings. The Morgan fingerprint density at radius 3 is 2.67 bits per heavy atom. The molecule has 1 heterocycles. The zero-order chi connectivity index (χ0) is 11.4. The molecule has 1 rings (SSSR count). The minimum absolute atomic E-state index is 0.0165. The second-order valence-corrected chi connectivity index (χ2v) is 3.96. The second-order valence-electron chi connectivity index (χ2n) is 3.96. The molecule has 0 unspecified atom stereocenters. The number of aromatic nitrogens is 1. The lowest BCUT2D eigenvalue weighted by molar-refractivity contribution is -0.118. The van der Waals surface area contributed by atoms with Crippen LogP contribution in [0.25, 0.3) is 0 Å². The van der Waals surface area contributed by atoms with Crippen molar-refractivity contribution in [1.82, 2.24) is 4.98 Å². The van der Waals surface area contributed by atoms with Crippen molar-refractivity contribution in [1.29, 1.82) is 0 Å². The first-order valence-electron chi connectivity index (χ1n) is 5.32. The Balaban J connectivity index is 2.92. The molecule has 0 spiro atoms. The number of carbonyl (C=O) groups excluding carboxylic acids is 1. The third kappa shape index (κ3) is 3.05. The fourth-order valence-electron chi connectivity index (χ4n) is 1.24. The molecule has 1 N–H and O–H groups in total. The van der Waals surface area contributed by atoms with Gasteiger partial charge >= 0.3 is 0 Å². The van der Waals surface area contributed by atoms with Crippen LogP contribution in [0.15, 0.2) is 12.1 Å². The summed E-state index contributed by atoms with van der Waals surface area (Å²) in [6.07, 6.45) is 0.876. The van der Waals surface area contributed by atoms with E-state index in [0.717, 1.165) is 17.7 Å². The molecule has 0 fully saturated rings. The zero-order valence-electron chi connectivity index (χ0n) is 9.79. The highest BCUT2D eigenvalue weighted by Crippen LogP contribution is 2.14. The molecule has 0 aliphatic carbocycles. The van der Waals surface area contributed by atoms with Gasteiger partial charge in [-0.25, -0.2) is 4.98 Å². The van der Waals surface area contributed by atoms with Crippen molar-refractivity contribution in [2.45, 2.75) is 34.1 Å². The minimum Gasteiger partial charge on any atom is -0.310 e. The number of hydrogen-bond donors (Lipinski definition) is 1. The molecule has 0 saturated heterocycles. The quantitative estimate of drug-likeness (QED) is 0.825. The van der Waals surface area contributed by atoms with Gasteiger partial charge in [0.25, 0.3) is 0 Å². The highest BCUT2D eigenvalue weighted by atomic mass is 16.1. The van der Waals surface area contributed by atoms with Gasteiger partial charge in [0.1, 0.15) is 5.82 Å². The largest absolute Gasteiger partial charge is 0.310 e. The molecular weight excluding hydrogens is 188 g/mol. The molecule has 0 aromatic carbocycles. The van der Waals surface area contributed by atoms with Crippen LogP contribution in [0.3, 0.4) is 0 Å². The summed E-state index contributed by atoms with van der Waals surface area (Å²) in [5.74, 6) is 0.705. The number of rotatable bonds is 3. The summed E-state index contributed by atoms with van der Waals surface area (Å²) in [6, 6.07) is 3.97.